The van der Waals surface area contributed by atoms with Gasteiger partial charge in [-0.15, -0.1) is 0 Å². The largest absolute Gasteiger partial charge is 0.471 e. The fraction of sp³-hybridized carbons (Fsp3) is 0.611. The van der Waals surface area contributed by atoms with E-state index in [2.05, 4.69) is 0 Å². The van der Waals surface area contributed by atoms with Gasteiger partial charge in [0.25, 0.3) is 0 Å². The number of hydrogen-bond acceptors (Lipinski definition) is 24. The maximum atomic E-state index is 14.0. The molecule has 0 aromatic rings. The molecule has 7 rings (SSSR count). The van der Waals surface area contributed by atoms with Crippen molar-refractivity contribution in [1.82, 2.24) is 0 Å². The van der Waals surface area contributed by atoms with E-state index in [1.807, 2.05) is 0 Å². The van der Waals surface area contributed by atoms with Gasteiger partial charge >= 0.3 is 22.5 Å². The highest BCUT2D eigenvalue weighted by Crippen LogP contribution is 2.49. The Morgan fingerprint density at radius 2 is 1.32 bits per heavy atom. The van der Waals surface area contributed by atoms with Crippen LogP contribution in [0.3, 0.4) is 0 Å². The fourth-order valence-corrected chi connectivity index (χ4v) is 8.25. The smallest absolute Gasteiger partial charge is 0.367 e. The van der Waals surface area contributed by atoms with E-state index in [1.165, 1.54) is 24.7 Å². The zero-order valence-corrected chi connectivity index (χ0v) is 33.1. The number of aliphatic hydroxyl groups excluding tert-OH is 8. The maximum absolute atomic E-state index is 14.0. The van der Waals surface area contributed by atoms with Crippen LogP contribution in [0.4, 0.5) is 9.59 Å². The number of carbonyl (C=O) groups excluding carboxylic acids is 4. The van der Waals surface area contributed by atoms with Crippen LogP contribution in [0.5, 0.6) is 0 Å². The monoisotopic (exact) mass is 890 g/mol. The summed E-state index contributed by atoms with van der Waals surface area (Å²) < 4.78 is 56.0. The molecule has 0 amide bonds. The van der Waals surface area contributed by atoms with E-state index in [4.69, 9.17) is 47.4 Å². The molecule has 0 bridgehead atoms. The zero-order valence-electron chi connectivity index (χ0n) is 31.5. The molecule has 2 fully saturated rings. The lowest BCUT2D eigenvalue weighted by atomic mass is 9.82. The molecule has 5 heterocycles. The van der Waals surface area contributed by atoms with Gasteiger partial charge < -0.3 is 88.2 Å². The van der Waals surface area contributed by atoms with Crippen LogP contribution in [0.25, 0.3) is 0 Å². The van der Waals surface area contributed by atoms with Crippen molar-refractivity contribution in [2.24, 2.45) is 17.8 Å². The number of hydrogen-bond donors (Lipinski definition) is 8. The molecular weight excluding hydrogens is 849 g/mol. The lowest BCUT2D eigenvalue weighted by Gasteiger charge is -2.44. The van der Waals surface area contributed by atoms with E-state index in [0.717, 1.165) is 36.0 Å². The lowest BCUT2D eigenvalue weighted by Crippen LogP contribution is -2.61. The number of fused-ring (bicyclic) bond motifs is 1. The number of rotatable bonds is 12. The number of ether oxygens (including phenoxy) is 10. The summed E-state index contributed by atoms with van der Waals surface area (Å²) in [5.41, 5.74) is 0.651. The molecular formula is C36H42O22S2. The summed E-state index contributed by atoms with van der Waals surface area (Å²) in [6.45, 7) is -2.31. The molecule has 0 saturated carbocycles. The Bertz CT molecular complexity index is 1860. The van der Waals surface area contributed by atoms with E-state index in [9.17, 15) is 60.0 Å². The van der Waals surface area contributed by atoms with Gasteiger partial charge in [0.15, 0.2) is 18.7 Å². The third-order valence-corrected chi connectivity index (χ3v) is 11.8. The number of allylic oxidation sites excluding steroid dienone is 1. The minimum absolute atomic E-state index is 0.0779. The molecule has 0 spiro atoms. The van der Waals surface area contributed by atoms with Crippen molar-refractivity contribution in [2.45, 2.75) is 80.1 Å². The summed E-state index contributed by atoms with van der Waals surface area (Å²) in [7, 11) is 0. The molecule has 24 heteroatoms. The first kappa shape index (κ1) is 44.5. The Kier molecular flexibility index (Phi) is 13.6. The molecule has 8 N–H and O–H groups in total. The van der Waals surface area contributed by atoms with Crippen molar-refractivity contribution in [3.05, 3.63) is 58.3 Å². The second-order valence-corrected chi connectivity index (χ2v) is 15.8. The minimum Gasteiger partial charge on any atom is -0.471 e. The third kappa shape index (κ3) is 8.34. The maximum Gasteiger partial charge on any atom is 0.367 e. The Morgan fingerprint density at radius 3 is 1.97 bits per heavy atom. The molecule has 2 saturated heterocycles. The van der Waals surface area contributed by atoms with Crippen LogP contribution in [0, 0.1) is 17.8 Å². The summed E-state index contributed by atoms with van der Waals surface area (Å²) >= 11 is 1.58. The first-order valence-electron chi connectivity index (χ1n) is 18.3. The van der Waals surface area contributed by atoms with Crippen LogP contribution in [0.2, 0.25) is 0 Å². The second kappa shape index (κ2) is 18.4. The fourth-order valence-electron chi connectivity index (χ4n) is 7.89. The summed E-state index contributed by atoms with van der Waals surface area (Å²) in [6.07, 6.45) is -14.2. The van der Waals surface area contributed by atoms with E-state index in [-0.39, 0.29) is 29.1 Å². The standard InChI is InChI=1S/C36H42O22S2/c1-59-35(47)51-7-11-3-15(39)21-13(9-49-31(19(11)21)57-33-26(43)25(42)23(40)17(5-37)54-33)30(46)56-28-24(41)18(6-38)55-34(27(28)44)58-32-20-12(8-52-36(48)60-2)4-16-22(20)14(10-50-32)29(45)53-16/h3-4,9-10,15,17-21,23-28,31-34,37-44H,5-8H2,1-2H3/t15-,17+,18+,19+,20?,21-,23+,24+,25-,26+,27+,28-,31-,32-,33-,34-/m0/s1. The van der Waals surface area contributed by atoms with E-state index >= 15 is 0 Å². The van der Waals surface area contributed by atoms with Gasteiger partial charge in [-0.2, -0.15) is 0 Å². The Hall–Kier alpha value is -3.60. The molecule has 5 aliphatic heterocycles. The van der Waals surface area contributed by atoms with Crippen molar-refractivity contribution in [1.29, 1.82) is 0 Å². The summed E-state index contributed by atoms with van der Waals surface area (Å²) in [6, 6.07) is 0. The van der Waals surface area contributed by atoms with Crippen molar-refractivity contribution < 1.29 is 107 Å². The summed E-state index contributed by atoms with van der Waals surface area (Å²) in [4.78, 5) is 50.5. The van der Waals surface area contributed by atoms with E-state index in [1.54, 1.807) is 0 Å². The predicted octanol–water partition coefficient (Wildman–Crippen LogP) is -2.45. The molecule has 1 unspecified atom stereocenters. The van der Waals surface area contributed by atoms with Crippen LogP contribution < -0.4 is 0 Å². The first-order chi connectivity index (χ1) is 28.7. The van der Waals surface area contributed by atoms with E-state index < -0.39 is 140 Å². The molecule has 22 nitrogen and oxygen atoms in total. The quantitative estimate of drug-likeness (QED) is 0.0573. The number of esters is 2. The Balaban J connectivity index is 1.11. The predicted molar refractivity (Wildman–Crippen MR) is 195 cm³/mol. The first-order valence-corrected chi connectivity index (χ1v) is 20.8. The molecule has 0 aromatic heterocycles. The van der Waals surface area contributed by atoms with E-state index in [0.29, 0.717) is 11.1 Å². The van der Waals surface area contributed by atoms with Crippen molar-refractivity contribution in [2.75, 3.05) is 38.9 Å². The van der Waals surface area contributed by atoms with Gasteiger partial charge in [0.1, 0.15) is 73.5 Å². The summed E-state index contributed by atoms with van der Waals surface area (Å²) in [5, 5.41) is 83.7. The highest BCUT2D eigenvalue weighted by Gasteiger charge is 2.56. The van der Waals surface area contributed by atoms with Crippen molar-refractivity contribution in [3.63, 3.8) is 0 Å². The molecule has 7 aliphatic rings. The average molecular weight is 891 g/mol. The summed E-state index contributed by atoms with van der Waals surface area (Å²) in [5.74, 6) is -5.17. The van der Waals surface area contributed by atoms with Gasteiger partial charge in [-0.1, -0.05) is 6.08 Å². The topological polar surface area (TPSA) is 322 Å². The van der Waals surface area contributed by atoms with Crippen LogP contribution in [0.15, 0.2) is 58.3 Å². The number of thioether (sulfide) groups is 2. The van der Waals surface area contributed by atoms with Gasteiger partial charge in [0.2, 0.25) is 12.6 Å². The molecule has 2 aliphatic carbocycles. The molecule has 0 aromatic carbocycles. The number of carbonyl (C=O) groups is 4. The Morgan fingerprint density at radius 1 is 0.717 bits per heavy atom. The Labute approximate surface area is 347 Å². The zero-order chi connectivity index (χ0) is 43.2. The van der Waals surface area contributed by atoms with Gasteiger partial charge in [-0.3, -0.25) is 0 Å². The molecule has 330 valence electrons. The second-order valence-electron chi connectivity index (χ2n) is 14.3. The van der Waals surface area contributed by atoms with Crippen LogP contribution >= 0.6 is 23.5 Å². The SMILES string of the molecule is CSC(=O)OCC1=CC2=C3C(=CO[C@@H](O[C@@H]4O[C@H](CO)[C@@H](O)[C@H](OC(=O)C5=CO[C@@H](O[C@@H]6O[C@H](CO)[C@@H](O)[C@H](O)[C@H]6O)[C@@H]6C(COC(=O)SC)=C[C@H](O)[C@H]56)[C@H]4O)C13)C(=O)O2. The van der Waals surface area contributed by atoms with Crippen LogP contribution in [-0.2, 0) is 57.0 Å². The average Bonchev–Trinajstić information content (AvgIpc) is 3.89. The highest BCUT2D eigenvalue weighted by molar-refractivity contribution is 8.12. The highest BCUT2D eigenvalue weighted by atomic mass is 32.2. The molecule has 0 radical (unpaired) electrons. The van der Waals surface area contributed by atoms with Gasteiger partial charge in [-0.25, -0.2) is 19.2 Å². The van der Waals surface area contributed by atoms with Crippen LogP contribution in [-0.4, -0.2) is 182 Å². The third-order valence-electron chi connectivity index (χ3n) is 10.9. The number of aliphatic hydroxyl groups is 8. The lowest BCUT2D eigenvalue weighted by molar-refractivity contribution is -0.340. The minimum atomic E-state index is -1.99. The van der Waals surface area contributed by atoms with Gasteiger partial charge in [0.05, 0.1) is 43.0 Å². The normalized spacial score (nSPS) is 39.2. The van der Waals surface area contributed by atoms with Gasteiger partial charge in [0, 0.05) is 11.5 Å². The van der Waals surface area contributed by atoms with Crippen molar-refractivity contribution in [3.8, 4) is 0 Å². The van der Waals surface area contributed by atoms with Crippen molar-refractivity contribution >= 4 is 46.1 Å². The molecule has 16 atom stereocenters. The van der Waals surface area contributed by atoms with Crippen LogP contribution in [0.1, 0.15) is 0 Å². The molecule has 60 heavy (non-hydrogen) atoms. The van der Waals surface area contributed by atoms with Gasteiger partial charge in [-0.05, 0) is 53.3 Å².